The second kappa shape index (κ2) is 8.10. The molecule has 0 saturated carbocycles. The standard InChI is InChI=1S/C14H30N2O2/c1-11-7-12(2)13(3)16(9-11)10-14(17)8-15-5-6-18-4/h11-15,17H,5-10H2,1-4H3. The number of piperidine rings is 1. The van der Waals surface area contributed by atoms with Crippen LogP contribution in [0, 0.1) is 11.8 Å². The van der Waals surface area contributed by atoms with Crippen LogP contribution in [0.15, 0.2) is 0 Å². The Balaban J connectivity index is 2.26. The quantitative estimate of drug-likeness (QED) is 0.667. The van der Waals surface area contributed by atoms with Crippen molar-refractivity contribution in [1.82, 2.24) is 10.2 Å². The zero-order valence-electron chi connectivity index (χ0n) is 12.4. The van der Waals surface area contributed by atoms with Crippen molar-refractivity contribution in [3.05, 3.63) is 0 Å². The van der Waals surface area contributed by atoms with E-state index in [1.807, 2.05) is 0 Å². The molecular weight excluding hydrogens is 228 g/mol. The lowest BCUT2D eigenvalue weighted by Crippen LogP contribution is -2.50. The molecule has 1 saturated heterocycles. The van der Waals surface area contributed by atoms with E-state index in [1.165, 1.54) is 6.42 Å². The molecule has 0 aromatic heterocycles. The van der Waals surface area contributed by atoms with E-state index in [0.29, 0.717) is 19.2 Å². The number of aliphatic hydroxyl groups is 1. The van der Waals surface area contributed by atoms with E-state index in [9.17, 15) is 5.11 Å². The topological polar surface area (TPSA) is 44.7 Å². The van der Waals surface area contributed by atoms with Gasteiger partial charge in [-0.15, -0.1) is 0 Å². The molecule has 0 aliphatic carbocycles. The Morgan fingerprint density at radius 1 is 1.39 bits per heavy atom. The molecule has 1 aliphatic rings. The van der Waals surface area contributed by atoms with Gasteiger partial charge in [-0.1, -0.05) is 13.8 Å². The van der Waals surface area contributed by atoms with Crippen molar-refractivity contribution in [2.24, 2.45) is 11.8 Å². The summed E-state index contributed by atoms with van der Waals surface area (Å²) in [7, 11) is 1.69. The molecule has 0 aromatic carbocycles. The monoisotopic (exact) mass is 258 g/mol. The Morgan fingerprint density at radius 3 is 2.78 bits per heavy atom. The average Bonchev–Trinajstić information content (AvgIpc) is 2.31. The molecule has 1 rings (SSSR count). The predicted molar refractivity (Wildman–Crippen MR) is 74.7 cm³/mol. The summed E-state index contributed by atoms with van der Waals surface area (Å²) in [5, 5.41) is 13.3. The molecule has 0 amide bonds. The Labute approximate surface area is 112 Å². The van der Waals surface area contributed by atoms with Crippen LogP contribution >= 0.6 is 0 Å². The second-order valence-electron chi connectivity index (χ2n) is 5.86. The maximum Gasteiger partial charge on any atom is 0.0791 e. The molecule has 4 heteroatoms. The summed E-state index contributed by atoms with van der Waals surface area (Å²) in [6, 6.07) is 0.579. The van der Waals surface area contributed by atoms with Crippen LogP contribution < -0.4 is 5.32 Å². The zero-order chi connectivity index (χ0) is 13.5. The summed E-state index contributed by atoms with van der Waals surface area (Å²) < 4.78 is 4.96. The summed E-state index contributed by atoms with van der Waals surface area (Å²) in [6.07, 6.45) is 1.02. The highest BCUT2D eigenvalue weighted by Gasteiger charge is 2.29. The molecule has 1 fully saturated rings. The summed E-state index contributed by atoms with van der Waals surface area (Å²) in [5.41, 5.74) is 0. The smallest absolute Gasteiger partial charge is 0.0791 e. The summed E-state index contributed by atoms with van der Waals surface area (Å²) >= 11 is 0. The number of likely N-dealkylation sites (tertiary alicyclic amines) is 1. The molecule has 108 valence electrons. The van der Waals surface area contributed by atoms with Crippen molar-refractivity contribution in [1.29, 1.82) is 0 Å². The lowest BCUT2D eigenvalue weighted by atomic mass is 9.86. The largest absolute Gasteiger partial charge is 0.390 e. The SMILES string of the molecule is COCCNCC(O)CN1CC(C)CC(C)C1C. The molecule has 4 atom stereocenters. The van der Waals surface area contributed by atoms with Crippen LogP contribution in [0.5, 0.6) is 0 Å². The van der Waals surface area contributed by atoms with Crippen LogP contribution in [0.25, 0.3) is 0 Å². The van der Waals surface area contributed by atoms with Crippen molar-refractivity contribution >= 4 is 0 Å². The van der Waals surface area contributed by atoms with Gasteiger partial charge in [0.15, 0.2) is 0 Å². The third-order valence-electron chi connectivity index (χ3n) is 4.03. The molecule has 1 aliphatic heterocycles. The van der Waals surface area contributed by atoms with Gasteiger partial charge in [-0.25, -0.2) is 0 Å². The van der Waals surface area contributed by atoms with E-state index in [1.54, 1.807) is 7.11 Å². The van der Waals surface area contributed by atoms with Crippen LogP contribution in [0.4, 0.5) is 0 Å². The molecule has 0 radical (unpaired) electrons. The summed E-state index contributed by atoms with van der Waals surface area (Å²) in [4.78, 5) is 2.43. The molecule has 0 aromatic rings. The first-order valence-corrected chi connectivity index (χ1v) is 7.16. The average molecular weight is 258 g/mol. The highest BCUT2D eigenvalue weighted by atomic mass is 16.5. The third kappa shape index (κ3) is 5.22. The highest BCUT2D eigenvalue weighted by Crippen LogP contribution is 2.26. The zero-order valence-corrected chi connectivity index (χ0v) is 12.4. The normalized spacial score (nSPS) is 31.5. The van der Waals surface area contributed by atoms with Crippen molar-refractivity contribution in [2.75, 3.05) is 39.9 Å². The Bertz CT molecular complexity index is 226. The number of nitrogens with one attached hydrogen (secondary N) is 1. The number of aliphatic hydroxyl groups excluding tert-OH is 1. The minimum atomic E-state index is -0.290. The van der Waals surface area contributed by atoms with Gasteiger partial charge >= 0.3 is 0 Å². The molecule has 0 spiro atoms. The van der Waals surface area contributed by atoms with Crippen LogP contribution in [0.1, 0.15) is 27.2 Å². The van der Waals surface area contributed by atoms with E-state index in [0.717, 1.165) is 31.5 Å². The maximum absolute atomic E-state index is 10.0. The van der Waals surface area contributed by atoms with Crippen LogP contribution in [-0.2, 0) is 4.74 Å². The molecule has 4 unspecified atom stereocenters. The second-order valence-corrected chi connectivity index (χ2v) is 5.86. The molecule has 4 nitrogen and oxygen atoms in total. The first kappa shape index (κ1) is 15.9. The van der Waals surface area contributed by atoms with Crippen molar-refractivity contribution in [3.8, 4) is 0 Å². The minimum Gasteiger partial charge on any atom is -0.390 e. The minimum absolute atomic E-state index is 0.290. The first-order valence-electron chi connectivity index (χ1n) is 7.16. The number of rotatable bonds is 7. The molecule has 2 N–H and O–H groups in total. The molecule has 18 heavy (non-hydrogen) atoms. The van der Waals surface area contributed by atoms with Gasteiger partial charge in [-0.2, -0.15) is 0 Å². The number of hydrogen-bond acceptors (Lipinski definition) is 4. The van der Waals surface area contributed by atoms with Crippen LogP contribution in [0.3, 0.4) is 0 Å². The van der Waals surface area contributed by atoms with E-state index >= 15 is 0 Å². The Hall–Kier alpha value is -0.160. The fourth-order valence-corrected chi connectivity index (χ4v) is 2.85. The molecular formula is C14H30N2O2. The van der Waals surface area contributed by atoms with E-state index in [2.05, 4.69) is 31.0 Å². The highest BCUT2D eigenvalue weighted by molar-refractivity contribution is 4.83. The summed E-state index contributed by atoms with van der Waals surface area (Å²) in [6.45, 7) is 10.9. The predicted octanol–water partition coefficient (Wildman–Crippen LogP) is 0.950. The lowest BCUT2D eigenvalue weighted by Gasteiger charge is -2.42. The fraction of sp³-hybridized carbons (Fsp3) is 1.00. The fourth-order valence-electron chi connectivity index (χ4n) is 2.85. The Kier molecular flexibility index (Phi) is 7.15. The van der Waals surface area contributed by atoms with Gasteiger partial charge in [0.1, 0.15) is 0 Å². The van der Waals surface area contributed by atoms with E-state index in [4.69, 9.17) is 4.74 Å². The van der Waals surface area contributed by atoms with E-state index < -0.39 is 0 Å². The number of nitrogens with zero attached hydrogens (tertiary/aromatic N) is 1. The third-order valence-corrected chi connectivity index (χ3v) is 4.03. The van der Waals surface area contributed by atoms with Crippen LogP contribution in [0.2, 0.25) is 0 Å². The number of ether oxygens (including phenoxy) is 1. The van der Waals surface area contributed by atoms with Gasteiger partial charge in [0.2, 0.25) is 0 Å². The van der Waals surface area contributed by atoms with Crippen LogP contribution in [-0.4, -0.2) is 62.0 Å². The van der Waals surface area contributed by atoms with Gasteiger partial charge in [-0.3, -0.25) is 4.90 Å². The number of hydrogen-bond donors (Lipinski definition) is 2. The molecule has 1 heterocycles. The lowest BCUT2D eigenvalue weighted by molar-refractivity contribution is 0.0318. The summed E-state index contributed by atoms with van der Waals surface area (Å²) in [5.74, 6) is 1.47. The van der Waals surface area contributed by atoms with Gasteiger partial charge in [-0.05, 0) is 25.2 Å². The van der Waals surface area contributed by atoms with E-state index in [-0.39, 0.29) is 6.10 Å². The van der Waals surface area contributed by atoms with Gasteiger partial charge in [0, 0.05) is 39.3 Å². The van der Waals surface area contributed by atoms with Gasteiger partial charge < -0.3 is 15.2 Å². The van der Waals surface area contributed by atoms with Gasteiger partial charge in [0.05, 0.1) is 12.7 Å². The molecule has 0 bridgehead atoms. The maximum atomic E-state index is 10.0. The Morgan fingerprint density at radius 2 is 2.11 bits per heavy atom. The first-order chi connectivity index (χ1) is 8.54. The van der Waals surface area contributed by atoms with Crippen molar-refractivity contribution in [2.45, 2.75) is 39.3 Å². The number of β-amino-alcohol motifs (C(OH)–C–C–N with tert-alkyl or cyclic N) is 1. The van der Waals surface area contributed by atoms with Gasteiger partial charge in [0.25, 0.3) is 0 Å². The van der Waals surface area contributed by atoms with Crippen molar-refractivity contribution in [3.63, 3.8) is 0 Å². The van der Waals surface area contributed by atoms with Crippen molar-refractivity contribution < 1.29 is 9.84 Å². The number of methoxy groups -OCH3 is 1.